The molecule has 0 bridgehead atoms. The lowest BCUT2D eigenvalue weighted by Gasteiger charge is -2.19. The molecule has 0 spiro atoms. The number of ether oxygens (including phenoxy) is 4. The van der Waals surface area contributed by atoms with Gasteiger partial charge in [0.25, 0.3) is 0 Å². The van der Waals surface area contributed by atoms with Crippen molar-refractivity contribution < 1.29 is 38.1 Å². The molecule has 0 aromatic heterocycles. The zero-order chi connectivity index (χ0) is 20.5. The summed E-state index contributed by atoms with van der Waals surface area (Å²) < 4.78 is 19.4. The molecule has 0 aliphatic heterocycles. The minimum absolute atomic E-state index is 0.0553. The molecule has 0 aliphatic carbocycles. The maximum atomic E-state index is 11.7. The Morgan fingerprint density at radius 3 is 1.62 bits per heavy atom. The first-order valence-corrected chi connectivity index (χ1v) is 8.21. The molecule has 1 atom stereocenters. The first kappa shape index (κ1) is 23.8. The fraction of sp³-hybridized carbons (Fsp3) is 0.765. The van der Waals surface area contributed by atoms with Gasteiger partial charge in [0.1, 0.15) is 17.2 Å². The fourth-order valence-corrected chi connectivity index (χ4v) is 1.58. The lowest BCUT2D eigenvalue weighted by atomic mass is 10.2. The van der Waals surface area contributed by atoms with Crippen molar-refractivity contribution in [2.45, 2.75) is 71.6 Å². The second kappa shape index (κ2) is 10.1. The molecule has 0 aromatic carbocycles. The Morgan fingerprint density at radius 2 is 1.19 bits per heavy atom. The summed E-state index contributed by atoms with van der Waals surface area (Å²) in [6, 6.07) is -1.11. The van der Waals surface area contributed by atoms with E-state index in [1.54, 1.807) is 41.5 Å². The lowest BCUT2D eigenvalue weighted by molar-refractivity contribution is -0.167. The van der Waals surface area contributed by atoms with Crippen LogP contribution >= 0.6 is 0 Å². The van der Waals surface area contributed by atoms with Crippen LogP contribution in [0.2, 0.25) is 0 Å². The van der Waals surface area contributed by atoms with E-state index in [-0.39, 0.29) is 12.8 Å². The molecule has 0 heterocycles. The van der Waals surface area contributed by atoms with E-state index in [1.165, 1.54) is 0 Å². The SMILES string of the molecule is CC(C)(C)OC(=O)COC(=O)CCC(N)C(=O)OCC(=O)OC(C)(C)C. The predicted octanol–water partition coefficient (Wildman–Crippen LogP) is 0.864. The number of carbonyl (C=O) groups excluding carboxylic acids is 4. The summed E-state index contributed by atoms with van der Waals surface area (Å²) in [5.74, 6) is -2.91. The highest BCUT2D eigenvalue weighted by molar-refractivity contribution is 5.81. The molecule has 0 aliphatic rings. The zero-order valence-electron chi connectivity index (χ0n) is 16.2. The van der Waals surface area contributed by atoms with E-state index in [2.05, 4.69) is 0 Å². The molecule has 0 saturated heterocycles. The van der Waals surface area contributed by atoms with Gasteiger partial charge in [0.05, 0.1) is 0 Å². The van der Waals surface area contributed by atoms with Gasteiger partial charge in [-0.3, -0.25) is 9.59 Å². The normalized spacial score (nSPS) is 12.7. The Hall–Kier alpha value is -2.16. The Labute approximate surface area is 153 Å². The monoisotopic (exact) mass is 375 g/mol. The van der Waals surface area contributed by atoms with E-state index in [0.29, 0.717) is 0 Å². The first-order valence-electron chi connectivity index (χ1n) is 8.21. The molecule has 0 fully saturated rings. The van der Waals surface area contributed by atoms with E-state index < -0.39 is 54.3 Å². The van der Waals surface area contributed by atoms with Crippen LogP contribution in [0, 0.1) is 0 Å². The van der Waals surface area contributed by atoms with Crippen molar-refractivity contribution in [2.75, 3.05) is 13.2 Å². The summed E-state index contributed by atoms with van der Waals surface area (Å²) in [7, 11) is 0. The molecular weight excluding hydrogens is 346 g/mol. The van der Waals surface area contributed by atoms with Crippen molar-refractivity contribution in [3.05, 3.63) is 0 Å². The van der Waals surface area contributed by atoms with Crippen molar-refractivity contribution in [3.8, 4) is 0 Å². The Balaban J connectivity index is 4.07. The Morgan fingerprint density at radius 1 is 0.769 bits per heavy atom. The van der Waals surface area contributed by atoms with Gasteiger partial charge in [0.2, 0.25) is 0 Å². The third-order valence-corrected chi connectivity index (χ3v) is 2.49. The first-order chi connectivity index (χ1) is 11.7. The van der Waals surface area contributed by atoms with Crippen LogP contribution in [0.5, 0.6) is 0 Å². The van der Waals surface area contributed by atoms with E-state index in [1.807, 2.05) is 0 Å². The molecule has 2 N–H and O–H groups in total. The van der Waals surface area contributed by atoms with Gasteiger partial charge in [-0.15, -0.1) is 0 Å². The third kappa shape index (κ3) is 13.2. The minimum Gasteiger partial charge on any atom is -0.457 e. The second-order valence-electron chi connectivity index (χ2n) is 7.59. The average Bonchev–Trinajstić information content (AvgIpc) is 2.44. The number of nitrogens with two attached hydrogens (primary N) is 1. The van der Waals surface area contributed by atoms with Crippen LogP contribution in [0.1, 0.15) is 54.4 Å². The summed E-state index contributed by atoms with van der Waals surface area (Å²) in [4.78, 5) is 46.1. The average molecular weight is 375 g/mol. The maximum Gasteiger partial charge on any atom is 0.344 e. The number of hydrogen-bond acceptors (Lipinski definition) is 9. The molecule has 9 nitrogen and oxygen atoms in total. The van der Waals surface area contributed by atoms with Gasteiger partial charge < -0.3 is 24.7 Å². The van der Waals surface area contributed by atoms with Gasteiger partial charge in [-0.05, 0) is 48.0 Å². The summed E-state index contributed by atoms with van der Waals surface area (Å²) >= 11 is 0. The molecule has 9 heteroatoms. The maximum absolute atomic E-state index is 11.7. The van der Waals surface area contributed by atoms with E-state index in [4.69, 9.17) is 24.7 Å². The second-order valence-corrected chi connectivity index (χ2v) is 7.59. The highest BCUT2D eigenvalue weighted by Crippen LogP contribution is 2.08. The highest BCUT2D eigenvalue weighted by atomic mass is 16.6. The van der Waals surface area contributed by atoms with Gasteiger partial charge in [-0.25, -0.2) is 9.59 Å². The summed E-state index contributed by atoms with van der Waals surface area (Å²) in [5, 5.41) is 0. The summed E-state index contributed by atoms with van der Waals surface area (Å²) in [6.45, 7) is 9.03. The van der Waals surface area contributed by atoms with Crippen molar-refractivity contribution in [2.24, 2.45) is 5.73 Å². The number of hydrogen-bond donors (Lipinski definition) is 1. The van der Waals surface area contributed by atoms with Gasteiger partial charge in [0, 0.05) is 6.42 Å². The number of rotatable bonds is 8. The van der Waals surface area contributed by atoms with Crippen LogP contribution in [-0.2, 0) is 38.1 Å². The van der Waals surface area contributed by atoms with Crippen LogP contribution in [0.4, 0.5) is 0 Å². The largest absolute Gasteiger partial charge is 0.457 e. The molecule has 0 radical (unpaired) electrons. The van der Waals surface area contributed by atoms with Crippen LogP contribution in [0.15, 0.2) is 0 Å². The fourth-order valence-electron chi connectivity index (χ4n) is 1.58. The zero-order valence-corrected chi connectivity index (χ0v) is 16.2. The van der Waals surface area contributed by atoms with E-state index >= 15 is 0 Å². The van der Waals surface area contributed by atoms with Crippen LogP contribution in [0.3, 0.4) is 0 Å². The molecular formula is C17H29NO8. The van der Waals surface area contributed by atoms with Crippen molar-refractivity contribution in [1.29, 1.82) is 0 Å². The van der Waals surface area contributed by atoms with Gasteiger partial charge >= 0.3 is 23.9 Å². The summed E-state index contributed by atoms with van der Waals surface area (Å²) in [6.07, 6.45) is -0.244. The van der Waals surface area contributed by atoms with Crippen LogP contribution in [0.25, 0.3) is 0 Å². The highest BCUT2D eigenvalue weighted by Gasteiger charge is 2.22. The quantitative estimate of drug-likeness (QED) is 0.484. The molecule has 1 unspecified atom stereocenters. The molecule has 0 rings (SSSR count). The van der Waals surface area contributed by atoms with Crippen LogP contribution in [-0.4, -0.2) is 54.3 Å². The topological polar surface area (TPSA) is 131 Å². The molecule has 0 amide bonds. The molecule has 0 saturated carbocycles. The predicted molar refractivity (Wildman–Crippen MR) is 90.8 cm³/mol. The van der Waals surface area contributed by atoms with E-state index in [0.717, 1.165) is 0 Å². The molecule has 0 aromatic rings. The number of carbonyl (C=O) groups is 4. The van der Waals surface area contributed by atoms with Crippen molar-refractivity contribution in [1.82, 2.24) is 0 Å². The smallest absolute Gasteiger partial charge is 0.344 e. The van der Waals surface area contributed by atoms with Gasteiger partial charge in [0.15, 0.2) is 13.2 Å². The Kier molecular flexibility index (Phi) is 9.26. The summed E-state index contributed by atoms with van der Waals surface area (Å²) in [5.41, 5.74) is 4.22. The van der Waals surface area contributed by atoms with Gasteiger partial charge in [-0.2, -0.15) is 0 Å². The van der Waals surface area contributed by atoms with Crippen molar-refractivity contribution in [3.63, 3.8) is 0 Å². The Bertz CT molecular complexity index is 516. The van der Waals surface area contributed by atoms with Crippen molar-refractivity contribution >= 4 is 23.9 Å². The number of esters is 4. The molecule has 150 valence electrons. The standard InChI is InChI=1S/C17H29NO8/c1-16(2,3)25-13(20)9-23-12(19)8-7-11(18)15(22)24-10-14(21)26-17(4,5)6/h11H,7-10,18H2,1-6H3. The molecule has 26 heavy (non-hydrogen) atoms. The van der Waals surface area contributed by atoms with Crippen LogP contribution < -0.4 is 5.73 Å². The minimum atomic E-state index is -1.11. The third-order valence-electron chi connectivity index (χ3n) is 2.49. The van der Waals surface area contributed by atoms with E-state index in [9.17, 15) is 19.2 Å². The lowest BCUT2D eigenvalue weighted by Crippen LogP contribution is -2.35. The van der Waals surface area contributed by atoms with Gasteiger partial charge in [-0.1, -0.05) is 0 Å².